The fourth-order valence-electron chi connectivity index (χ4n) is 2.39. The molecule has 110 valence electrons. The van der Waals surface area contributed by atoms with Gasteiger partial charge in [0.15, 0.2) is 5.65 Å². The van der Waals surface area contributed by atoms with E-state index in [1.54, 1.807) is 4.52 Å². The Hall–Kier alpha value is -2.40. The average molecular weight is 313 g/mol. The van der Waals surface area contributed by atoms with E-state index in [1.165, 1.54) is 0 Å². The topological polar surface area (TPSA) is 59.3 Å². The molecule has 6 heteroatoms. The Morgan fingerprint density at radius 1 is 1.18 bits per heavy atom. The minimum Gasteiger partial charge on any atom is -0.293 e. The van der Waals surface area contributed by atoms with Crippen LogP contribution in [-0.4, -0.2) is 20.5 Å². The summed E-state index contributed by atoms with van der Waals surface area (Å²) in [5, 5.41) is 7.81. The molecule has 5 nitrogen and oxygen atoms in total. The van der Waals surface area contributed by atoms with Gasteiger partial charge in [-0.05, 0) is 31.0 Å². The van der Waals surface area contributed by atoms with Gasteiger partial charge in [0.1, 0.15) is 0 Å². The summed E-state index contributed by atoms with van der Waals surface area (Å²) in [6.07, 6.45) is 1.90. The zero-order valence-corrected chi connectivity index (χ0v) is 12.4. The first kappa shape index (κ1) is 13.3. The number of benzene rings is 1. The van der Waals surface area contributed by atoms with E-state index in [0.717, 1.165) is 24.1 Å². The van der Waals surface area contributed by atoms with Gasteiger partial charge in [0.25, 0.3) is 0 Å². The molecule has 1 amide bonds. The summed E-state index contributed by atoms with van der Waals surface area (Å²) in [6.45, 7) is 0. The van der Waals surface area contributed by atoms with Gasteiger partial charge < -0.3 is 0 Å². The van der Waals surface area contributed by atoms with Crippen LogP contribution in [-0.2, 0) is 4.79 Å². The molecule has 4 rings (SSSR count). The van der Waals surface area contributed by atoms with Gasteiger partial charge >= 0.3 is 0 Å². The Morgan fingerprint density at radius 3 is 2.77 bits per heavy atom. The lowest BCUT2D eigenvalue weighted by molar-refractivity contribution is -0.117. The molecule has 1 aliphatic carbocycles. The van der Waals surface area contributed by atoms with Crippen molar-refractivity contribution in [3.05, 3.63) is 47.5 Å². The lowest BCUT2D eigenvalue weighted by Gasteiger charge is -2.05. The number of nitrogens with one attached hydrogen (secondary N) is 1. The molecule has 2 aromatic heterocycles. The molecule has 1 saturated carbocycles. The molecule has 0 unspecified atom stereocenters. The Balaban J connectivity index is 1.78. The monoisotopic (exact) mass is 312 g/mol. The fraction of sp³-hybridized carbons (Fsp3) is 0.188. The molecule has 0 bridgehead atoms. The van der Waals surface area contributed by atoms with E-state index in [4.69, 9.17) is 11.6 Å². The van der Waals surface area contributed by atoms with Gasteiger partial charge in [-0.15, -0.1) is 5.10 Å². The van der Waals surface area contributed by atoms with Gasteiger partial charge in [-0.2, -0.15) is 4.98 Å². The maximum absolute atomic E-state index is 11.8. The number of fused-ring (bicyclic) bond motifs is 1. The predicted molar refractivity (Wildman–Crippen MR) is 84.8 cm³/mol. The molecule has 1 aromatic carbocycles. The van der Waals surface area contributed by atoms with E-state index in [-0.39, 0.29) is 11.8 Å². The van der Waals surface area contributed by atoms with Crippen LogP contribution in [0.2, 0.25) is 5.02 Å². The van der Waals surface area contributed by atoms with Crippen molar-refractivity contribution in [1.82, 2.24) is 14.6 Å². The second kappa shape index (κ2) is 5.10. The van der Waals surface area contributed by atoms with Crippen molar-refractivity contribution in [2.45, 2.75) is 12.8 Å². The summed E-state index contributed by atoms with van der Waals surface area (Å²) in [7, 11) is 0. The van der Waals surface area contributed by atoms with Crippen molar-refractivity contribution in [1.29, 1.82) is 0 Å². The van der Waals surface area contributed by atoms with E-state index >= 15 is 0 Å². The zero-order valence-electron chi connectivity index (χ0n) is 11.7. The number of rotatable bonds is 3. The Labute approximate surface area is 131 Å². The second-order valence-electron chi connectivity index (χ2n) is 5.36. The Bertz CT molecular complexity index is 869. The van der Waals surface area contributed by atoms with Crippen LogP contribution < -0.4 is 5.32 Å². The number of nitrogens with zero attached hydrogens (tertiary/aromatic N) is 3. The predicted octanol–water partition coefficient (Wildman–Crippen LogP) is 3.40. The van der Waals surface area contributed by atoms with Gasteiger partial charge in [-0.25, -0.2) is 4.52 Å². The highest BCUT2D eigenvalue weighted by Crippen LogP contribution is 2.30. The molecular weight excluding hydrogens is 300 g/mol. The van der Waals surface area contributed by atoms with Crippen molar-refractivity contribution in [2.75, 3.05) is 5.32 Å². The summed E-state index contributed by atoms with van der Waals surface area (Å²) in [5.74, 6) is 0.446. The van der Waals surface area contributed by atoms with E-state index in [2.05, 4.69) is 15.4 Å². The van der Waals surface area contributed by atoms with Crippen LogP contribution >= 0.6 is 11.6 Å². The Kier molecular flexibility index (Phi) is 3.08. The maximum Gasteiger partial charge on any atom is 0.249 e. The summed E-state index contributed by atoms with van der Waals surface area (Å²) in [4.78, 5) is 16.2. The molecular formula is C16H13ClN4O. The third kappa shape index (κ3) is 2.33. The highest BCUT2D eigenvalue weighted by Gasteiger charge is 2.30. The summed E-state index contributed by atoms with van der Waals surface area (Å²) in [5.41, 5.74) is 2.38. The maximum atomic E-state index is 11.8. The first-order chi connectivity index (χ1) is 10.7. The number of carbonyl (C=O) groups is 1. The number of hydrogen-bond donors (Lipinski definition) is 1. The molecule has 1 N–H and O–H groups in total. The van der Waals surface area contributed by atoms with Crippen LogP contribution in [0.3, 0.4) is 0 Å². The van der Waals surface area contributed by atoms with E-state index in [0.29, 0.717) is 16.6 Å². The highest BCUT2D eigenvalue weighted by atomic mass is 35.5. The molecule has 0 spiro atoms. The van der Waals surface area contributed by atoms with Gasteiger partial charge in [0, 0.05) is 16.5 Å². The van der Waals surface area contributed by atoms with Crippen molar-refractivity contribution >= 4 is 29.1 Å². The van der Waals surface area contributed by atoms with Crippen LogP contribution in [0, 0.1) is 5.92 Å². The molecule has 2 heterocycles. The third-order valence-electron chi connectivity index (χ3n) is 3.69. The second-order valence-corrected chi connectivity index (χ2v) is 5.77. The molecule has 0 radical (unpaired) electrons. The smallest absolute Gasteiger partial charge is 0.249 e. The number of pyridine rings is 1. The van der Waals surface area contributed by atoms with Crippen LogP contribution in [0.4, 0.5) is 5.95 Å². The largest absolute Gasteiger partial charge is 0.293 e. The first-order valence-corrected chi connectivity index (χ1v) is 7.52. The van der Waals surface area contributed by atoms with Gasteiger partial charge in [0.2, 0.25) is 11.9 Å². The highest BCUT2D eigenvalue weighted by molar-refractivity contribution is 6.33. The average Bonchev–Trinajstić information content (AvgIpc) is 3.28. The van der Waals surface area contributed by atoms with Crippen molar-refractivity contribution < 1.29 is 4.79 Å². The Morgan fingerprint density at radius 2 is 2.00 bits per heavy atom. The molecule has 0 saturated heterocycles. The number of amides is 1. The first-order valence-electron chi connectivity index (χ1n) is 7.14. The van der Waals surface area contributed by atoms with Crippen LogP contribution in [0.15, 0.2) is 42.5 Å². The molecule has 0 aliphatic heterocycles. The van der Waals surface area contributed by atoms with Gasteiger partial charge in [-0.3, -0.25) is 10.1 Å². The van der Waals surface area contributed by atoms with Crippen LogP contribution in [0.1, 0.15) is 12.8 Å². The third-order valence-corrected chi connectivity index (χ3v) is 4.02. The summed E-state index contributed by atoms with van der Waals surface area (Å²) < 4.78 is 1.70. The lowest BCUT2D eigenvalue weighted by atomic mass is 10.1. The molecule has 1 fully saturated rings. The zero-order chi connectivity index (χ0) is 15.1. The van der Waals surface area contributed by atoms with E-state index < -0.39 is 0 Å². The lowest BCUT2D eigenvalue weighted by Crippen LogP contribution is -2.14. The van der Waals surface area contributed by atoms with Crippen LogP contribution in [0.5, 0.6) is 0 Å². The van der Waals surface area contributed by atoms with E-state index in [9.17, 15) is 4.79 Å². The summed E-state index contributed by atoms with van der Waals surface area (Å²) >= 11 is 6.27. The van der Waals surface area contributed by atoms with Crippen molar-refractivity contribution in [3.63, 3.8) is 0 Å². The molecule has 22 heavy (non-hydrogen) atoms. The quantitative estimate of drug-likeness (QED) is 0.806. The number of hydrogen-bond acceptors (Lipinski definition) is 3. The van der Waals surface area contributed by atoms with E-state index in [1.807, 2.05) is 42.5 Å². The van der Waals surface area contributed by atoms with Crippen molar-refractivity contribution in [2.24, 2.45) is 5.92 Å². The molecule has 3 aromatic rings. The summed E-state index contributed by atoms with van der Waals surface area (Å²) in [6, 6.07) is 13.2. The number of carbonyl (C=O) groups excluding carboxylic acids is 1. The number of anilines is 1. The number of halogens is 1. The normalized spacial score (nSPS) is 14.2. The minimum atomic E-state index is -0.00444. The SMILES string of the molecule is O=C(Nc1nc2cccc(-c3ccccc3Cl)n2n1)C1CC1. The van der Waals surface area contributed by atoms with Crippen LogP contribution in [0.25, 0.3) is 16.9 Å². The fourth-order valence-corrected chi connectivity index (χ4v) is 2.62. The van der Waals surface area contributed by atoms with Gasteiger partial charge in [0.05, 0.1) is 5.69 Å². The molecule has 0 atom stereocenters. The van der Waals surface area contributed by atoms with Gasteiger partial charge in [-0.1, -0.05) is 35.9 Å². The minimum absolute atomic E-state index is 0.00444. The number of aromatic nitrogens is 3. The molecule has 1 aliphatic rings. The standard InChI is InChI=1S/C16H13ClN4O/c17-12-5-2-1-4-11(12)13-6-3-7-14-18-16(20-21(13)14)19-15(22)10-8-9-10/h1-7,10H,8-9H2,(H,19,20,22). The van der Waals surface area contributed by atoms with Crippen molar-refractivity contribution in [3.8, 4) is 11.3 Å².